The van der Waals surface area contributed by atoms with E-state index < -0.39 is 30.1 Å². The summed E-state index contributed by atoms with van der Waals surface area (Å²) in [7, 11) is 1.24. The Kier molecular flexibility index (Phi) is 11.5. The van der Waals surface area contributed by atoms with E-state index in [4.69, 9.17) is 42.1 Å². The molecule has 1 saturated heterocycles. The molecule has 45 heavy (non-hydrogen) atoms. The number of nitrogens with zero attached hydrogens (tertiary/aromatic N) is 1. The molecule has 1 aliphatic heterocycles. The summed E-state index contributed by atoms with van der Waals surface area (Å²) < 4.78 is 22.0. The van der Waals surface area contributed by atoms with Crippen molar-refractivity contribution in [3.8, 4) is 5.75 Å². The fourth-order valence-corrected chi connectivity index (χ4v) is 6.67. The first kappa shape index (κ1) is 32.9. The lowest BCUT2D eigenvalue weighted by Gasteiger charge is -2.26. The number of nitrogens with one attached hydrogen (secondary N) is 1. The number of thiophene rings is 2. The number of esters is 1. The third kappa shape index (κ3) is 8.63. The van der Waals surface area contributed by atoms with Gasteiger partial charge in [0.05, 0.1) is 20.2 Å². The summed E-state index contributed by atoms with van der Waals surface area (Å²) >= 11 is 15.5. The van der Waals surface area contributed by atoms with E-state index in [9.17, 15) is 14.4 Å². The predicted molar refractivity (Wildman–Crippen MR) is 172 cm³/mol. The van der Waals surface area contributed by atoms with E-state index in [2.05, 4.69) is 5.32 Å². The number of hydrogen-bond donors (Lipinski definition) is 1. The number of benzene rings is 2. The van der Waals surface area contributed by atoms with Gasteiger partial charge in [0, 0.05) is 31.8 Å². The number of rotatable bonds is 13. The normalized spacial score (nSPS) is 16.6. The first-order chi connectivity index (χ1) is 21.8. The molecule has 0 bridgehead atoms. The van der Waals surface area contributed by atoms with E-state index in [-0.39, 0.29) is 25.7 Å². The van der Waals surface area contributed by atoms with Gasteiger partial charge in [-0.15, -0.1) is 22.7 Å². The van der Waals surface area contributed by atoms with Gasteiger partial charge in [-0.25, -0.2) is 4.79 Å². The molecule has 9 nitrogen and oxygen atoms in total. The van der Waals surface area contributed by atoms with Crippen molar-refractivity contribution in [1.82, 2.24) is 10.2 Å². The summed E-state index contributed by atoms with van der Waals surface area (Å²) in [5.74, 6) is -1.10. The van der Waals surface area contributed by atoms with Crippen LogP contribution in [0.3, 0.4) is 0 Å². The lowest BCUT2D eigenvalue weighted by molar-refractivity contribution is -0.148. The van der Waals surface area contributed by atoms with Gasteiger partial charge < -0.3 is 29.2 Å². The van der Waals surface area contributed by atoms with Crippen molar-refractivity contribution in [2.45, 2.75) is 44.4 Å². The minimum Gasteiger partial charge on any atom is -0.489 e. The van der Waals surface area contributed by atoms with Crippen molar-refractivity contribution >= 4 is 63.7 Å². The van der Waals surface area contributed by atoms with Crippen molar-refractivity contribution in [2.75, 3.05) is 13.9 Å². The second-order valence-corrected chi connectivity index (χ2v) is 12.9. The maximum atomic E-state index is 13.7. The maximum Gasteiger partial charge on any atom is 0.328 e. The van der Waals surface area contributed by atoms with E-state index in [1.165, 1.54) is 29.8 Å². The quantitative estimate of drug-likeness (QED) is 0.175. The Balaban J connectivity index is 1.23. The Morgan fingerprint density at radius 2 is 1.53 bits per heavy atom. The van der Waals surface area contributed by atoms with Gasteiger partial charge in [0.15, 0.2) is 12.2 Å². The minimum absolute atomic E-state index is 0.129. The zero-order valence-corrected chi connectivity index (χ0v) is 27.3. The smallest absolute Gasteiger partial charge is 0.328 e. The highest BCUT2D eigenvalue weighted by molar-refractivity contribution is 7.10. The zero-order valence-electron chi connectivity index (χ0n) is 24.2. The van der Waals surface area contributed by atoms with Crippen LogP contribution in [-0.2, 0) is 54.7 Å². The molecule has 4 aromatic rings. The fourth-order valence-electron chi connectivity index (χ4n) is 4.72. The first-order valence-electron chi connectivity index (χ1n) is 13.9. The van der Waals surface area contributed by atoms with E-state index >= 15 is 0 Å². The average molecular weight is 690 g/mol. The fraction of sp³-hybridized carbons (Fsp3) is 0.281. The van der Waals surface area contributed by atoms with E-state index in [1.807, 2.05) is 35.0 Å². The molecule has 0 saturated carbocycles. The molecule has 0 radical (unpaired) electrons. The molecule has 0 spiro atoms. The molecular formula is C32H30Cl2N2O7S2. The Hall–Kier alpha value is -3.45. The number of hydrogen-bond acceptors (Lipinski definition) is 9. The average Bonchev–Trinajstić information content (AvgIpc) is 3.84. The van der Waals surface area contributed by atoms with E-state index in [1.54, 1.807) is 47.4 Å². The van der Waals surface area contributed by atoms with Crippen molar-refractivity contribution in [3.05, 3.63) is 108 Å². The molecule has 3 atom stereocenters. The highest BCUT2D eigenvalue weighted by Gasteiger charge is 2.43. The lowest BCUT2D eigenvalue weighted by atomic mass is 10.0. The van der Waals surface area contributed by atoms with Crippen LogP contribution in [-0.4, -0.2) is 54.8 Å². The highest BCUT2D eigenvalue weighted by Crippen LogP contribution is 2.26. The van der Waals surface area contributed by atoms with Crippen LogP contribution >= 0.6 is 45.9 Å². The second-order valence-electron chi connectivity index (χ2n) is 10.1. The number of amides is 2. The van der Waals surface area contributed by atoms with Gasteiger partial charge in [0.2, 0.25) is 0 Å². The molecule has 2 amide bonds. The lowest BCUT2D eigenvalue weighted by Crippen LogP contribution is -2.53. The van der Waals surface area contributed by atoms with Crippen LogP contribution < -0.4 is 10.1 Å². The van der Waals surface area contributed by atoms with Crippen LogP contribution in [0.4, 0.5) is 0 Å². The van der Waals surface area contributed by atoms with Crippen LogP contribution in [0.5, 0.6) is 5.75 Å². The SMILES string of the molecule is COC(=O)[C@H](Cc1ccc(OCc2c(Cl)cccc2Cl)cc1)NC(=O)[C@@H]1OCO[C@H]1C(=O)N(Cc1cccs1)Cc1cccs1. The number of ether oxygens (including phenoxy) is 4. The van der Waals surface area contributed by atoms with E-state index in [0.717, 1.165) is 15.3 Å². The Morgan fingerprint density at radius 1 is 0.911 bits per heavy atom. The van der Waals surface area contributed by atoms with Gasteiger partial charge in [0.25, 0.3) is 11.8 Å². The van der Waals surface area contributed by atoms with Gasteiger partial charge in [-0.05, 0) is 52.7 Å². The number of carbonyl (C=O) groups is 3. The Bertz CT molecular complexity index is 1530. The van der Waals surface area contributed by atoms with Gasteiger partial charge in [0.1, 0.15) is 25.2 Å². The maximum absolute atomic E-state index is 13.7. The summed E-state index contributed by atoms with van der Waals surface area (Å²) in [6.07, 6.45) is -2.29. The molecule has 1 fully saturated rings. The summed E-state index contributed by atoms with van der Waals surface area (Å²) in [5, 5.41) is 7.60. The third-order valence-electron chi connectivity index (χ3n) is 7.05. The monoisotopic (exact) mass is 688 g/mol. The summed E-state index contributed by atoms with van der Waals surface area (Å²) in [4.78, 5) is 43.5. The Morgan fingerprint density at radius 3 is 2.11 bits per heavy atom. The van der Waals surface area contributed by atoms with Crippen molar-refractivity contribution in [1.29, 1.82) is 0 Å². The van der Waals surface area contributed by atoms with E-state index in [0.29, 0.717) is 34.4 Å². The van der Waals surface area contributed by atoms with Crippen molar-refractivity contribution in [2.24, 2.45) is 0 Å². The van der Waals surface area contributed by atoms with Gasteiger partial charge in [-0.3, -0.25) is 9.59 Å². The number of halogens is 2. The van der Waals surface area contributed by atoms with Gasteiger partial charge >= 0.3 is 5.97 Å². The predicted octanol–water partition coefficient (Wildman–Crippen LogP) is 5.87. The van der Waals surface area contributed by atoms with Crippen molar-refractivity contribution in [3.63, 3.8) is 0 Å². The van der Waals surface area contributed by atoms with Crippen molar-refractivity contribution < 1.29 is 33.3 Å². The molecule has 0 unspecified atom stereocenters. The summed E-state index contributed by atoms with van der Waals surface area (Å²) in [5.41, 5.74) is 1.41. The summed E-state index contributed by atoms with van der Waals surface area (Å²) in [6.45, 7) is 0.668. The molecule has 2 aromatic carbocycles. The second kappa shape index (κ2) is 15.7. The molecule has 0 aliphatic carbocycles. The molecule has 2 aromatic heterocycles. The van der Waals surface area contributed by atoms with Crippen LogP contribution in [0.1, 0.15) is 20.9 Å². The van der Waals surface area contributed by atoms with Gasteiger partial charge in [-0.1, -0.05) is 53.5 Å². The molecule has 5 rings (SSSR count). The topological polar surface area (TPSA) is 103 Å². The molecule has 1 N–H and O–H groups in total. The minimum atomic E-state index is -1.24. The molecule has 236 valence electrons. The molecule has 1 aliphatic rings. The third-order valence-corrected chi connectivity index (χ3v) is 9.48. The molecule has 3 heterocycles. The standard InChI is InChI=1S/C32H30Cl2N2O7S2/c1-40-32(39)27(15-20-9-11-21(12-10-20)41-18-24-25(33)7-2-8-26(24)34)35-30(37)28-29(43-19-42-28)31(38)36(16-22-5-3-13-44-22)17-23-6-4-14-45-23/h2-14,27-29H,15-19H2,1H3,(H,35,37)/t27-,28+,29+/m0/s1. The van der Waals surface area contributed by atoms with Crippen LogP contribution in [0.15, 0.2) is 77.5 Å². The van der Waals surface area contributed by atoms with Crippen LogP contribution in [0.25, 0.3) is 0 Å². The number of carbonyl (C=O) groups excluding carboxylic acids is 3. The summed E-state index contributed by atoms with van der Waals surface area (Å²) in [6, 6.07) is 19.0. The zero-order chi connectivity index (χ0) is 31.8. The van der Waals surface area contributed by atoms with Crippen LogP contribution in [0.2, 0.25) is 10.0 Å². The number of methoxy groups -OCH3 is 1. The molecular weight excluding hydrogens is 659 g/mol. The molecule has 13 heteroatoms. The largest absolute Gasteiger partial charge is 0.489 e. The highest BCUT2D eigenvalue weighted by atomic mass is 35.5. The van der Waals surface area contributed by atoms with Gasteiger partial charge in [-0.2, -0.15) is 0 Å². The Labute approximate surface area is 278 Å². The van der Waals surface area contributed by atoms with Crippen LogP contribution in [0, 0.1) is 0 Å². The first-order valence-corrected chi connectivity index (χ1v) is 16.4.